The summed E-state index contributed by atoms with van der Waals surface area (Å²) in [4.78, 5) is 26.0. The molecule has 0 aromatic carbocycles. The quantitative estimate of drug-likeness (QED) is 0.719. The first-order valence-electron chi connectivity index (χ1n) is 6.96. The minimum atomic E-state index is -0.921. The van der Waals surface area contributed by atoms with Crippen molar-refractivity contribution < 1.29 is 19.8 Å². The third kappa shape index (κ3) is 3.51. The van der Waals surface area contributed by atoms with Crippen LogP contribution in [0.4, 0.5) is 0 Å². The van der Waals surface area contributed by atoms with Gasteiger partial charge in [0.15, 0.2) is 5.17 Å². The average molecular weight is 316 g/mol. The molecule has 1 saturated carbocycles. The number of aliphatic carboxylic acids is 2. The van der Waals surface area contributed by atoms with Crippen LogP contribution in [0.5, 0.6) is 0 Å². The summed E-state index contributed by atoms with van der Waals surface area (Å²) in [7, 11) is 1.81. The average Bonchev–Trinajstić information content (AvgIpc) is 2.98. The van der Waals surface area contributed by atoms with Gasteiger partial charge in [-0.05, 0) is 25.2 Å². The second kappa shape index (κ2) is 6.68. The van der Waals surface area contributed by atoms with Crippen molar-refractivity contribution >= 4 is 28.9 Å². The lowest BCUT2D eigenvalue weighted by molar-refractivity contribution is -0.157. The first-order chi connectivity index (χ1) is 9.66. The summed E-state index contributed by atoms with van der Waals surface area (Å²) in [5.41, 5.74) is -1.61. The van der Waals surface area contributed by atoms with Crippen LogP contribution < -0.4 is 5.32 Å². The number of carboxylic acid groups (broad SMARTS) is 2. The molecule has 0 aromatic heterocycles. The summed E-state index contributed by atoms with van der Waals surface area (Å²) in [5.74, 6) is -1.16. The van der Waals surface area contributed by atoms with Crippen LogP contribution in [0, 0.1) is 16.7 Å². The summed E-state index contributed by atoms with van der Waals surface area (Å²) in [6.45, 7) is 6.18. The van der Waals surface area contributed by atoms with Gasteiger partial charge in [-0.1, -0.05) is 25.6 Å². The highest BCUT2D eigenvalue weighted by atomic mass is 32.2. The first kappa shape index (κ1) is 17.8. The molecule has 0 amide bonds. The van der Waals surface area contributed by atoms with Crippen molar-refractivity contribution in [2.24, 2.45) is 21.7 Å². The standard InChI is InChI=1S/C10H16O4.C4H8N2S/c1-9(2)6(7(11)12)4-5-10(9,3)8(13)14;1-5-4-6-2-3-7-4/h6H,4-5H2,1-3H3,(H,11,12)(H,13,14);2-3H2,1H3,(H,5,6). The largest absolute Gasteiger partial charge is 0.481 e. The van der Waals surface area contributed by atoms with E-state index in [1.165, 1.54) is 5.75 Å². The number of rotatable bonds is 2. The van der Waals surface area contributed by atoms with Crippen molar-refractivity contribution in [3.63, 3.8) is 0 Å². The van der Waals surface area contributed by atoms with Gasteiger partial charge in [-0.2, -0.15) is 0 Å². The van der Waals surface area contributed by atoms with E-state index in [1.54, 1.807) is 39.6 Å². The molecule has 0 bridgehead atoms. The highest BCUT2D eigenvalue weighted by Gasteiger charge is 2.58. The van der Waals surface area contributed by atoms with Crippen LogP contribution in [0.1, 0.15) is 33.6 Å². The molecule has 2 rings (SSSR count). The molecule has 2 atom stereocenters. The molecular weight excluding hydrogens is 292 g/mol. The van der Waals surface area contributed by atoms with E-state index in [4.69, 9.17) is 10.2 Å². The number of thioether (sulfide) groups is 1. The number of nitrogens with zero attached hydrogens (tertiary/aromatic N) is 1. The van der Waals surface area contributed by atoms with E-state index >= 15 is 0 Å². The Hall–Kier alpha value is -1.24. The molecule has 120 valence electrons. The summed E-state index contributed by atoms with van der Waals surface area (Å²) in [6.07, 6.45) is 0.886. The van der Waals surface area contributed by atoms with Crippen LogP contribution >= 0.6 is 11.8 Å². The first-order valence-corrected chi connectivity index (χ1v) is 7.95. The highest BCUT2D eigenvalue weighted by molar-refractivity contribution is 8.14. The maximum absolute atomic E-state index is 11.1. The molecule has 6 nitrogen and oxygen atoms in total. The van der Waals surface area contributed by atoms with Crippen LogP contribution in [-0.4, -0.2) is 46.7 Å². The number of amidine groups is 1. The zero-order chi connectivity index (χ0) is 16.3. The number of carboxylic acids is 2. The van der Waals surface area contributed by atoms with Crippen LogP contribution in [0.2, 0.25) is 0 Å². The van der Waals surface area contributed by atoms with Gasteiger partial charge in [0.2, 0.25) is 0 Å². The fraction of sp³-hybridized carbons (Fsp3) is 0.786. The fourth-order valence-electron chi connectivity index (χ4n) is 2.82. The van der Waals surface area contributed by atoms with Crippen LogP contribution in [0.15, 0.2) is 4.99 Å². The zero-order valence-corrected chi connectivity index (χ0v) is 13.8. The van der Waals surface area contributed by atoms with Crippen LogP contribution in [-0.2, 0) is 9.59 Å². The van der Waals surface area contributed by atoms with Crippen molar-refractivity contribution in [3.05, 3.63) is 0 Å². The van der Waals surface area contributed by atoms with Gasteiger partial charge in [0.05, 0.1) is 11.3 Å². The molecule has 1 saturated heterocycles. The molecule has 0 aromatic rings. The van der Waals surface area contributed by atoms with Crippen molar-refractivity contribution in [3.8, 4) is 0 Å². The van der Waals surface area contributed by atoms with Gasteiger partial charge in [-0.3, -0.25) is 14.6 Å². The van der Waals surface area contributed by atoms with Gasteiger partial charge < -0.3 is 15.5 Å². The molecule has 0 radical (unpaired) electrons. The normalized spacial score (nSPS) is 32.2. The number of hydrogen-bond donors (Lipinski definition) is 3. The van der Waals surface area contributed by atoms with Crippen molar-refractivity contribution in [1.29, 1.82) is 0 Å². The van der Waals surface area contributed by atoms with E-state index in [-0.39, 0.29) is 0 Å². The molecule has 0 spiro atoms. The van der Waals surface area contributed by atoms with Crippen LogP contribution in [0.3, 0.4) is 0 Å². The Morgan fingerprint density at radius 3 is 2.19 bits per heavy atom. The number of nitrogens with one attached hydrogen (secondary N) is 1. The van der Waals surface area contributed by atoms with E-state index in [0.717, 1.165) is 11.7 Å². The molecule has 1 aliphatic carbocycles. The summed E-state index contributed by atoms with van der Waals surface area (Å²) < 4.78 is 0. The smallest absolute Gasteiger partial charge is 0.309 e. The maximum Gasteiger partial charge on any atom is 0.309 e. The topological polar surface area (TPSA) is 99.0 Å². The van der Waals surface area contributed by atoms with E-state index in [2.05, 4.69) is 10.3 Å². The predicted octanol–water partition coefficient (Wildman–Crippen LogP) is 1.91. The Kier molecular flexibility index (Phi) is 5.67. The number of carbonyl (C=O) groups is 2. The Balaban J connectivity index is 0.000000262. The predicted molar refractivity (Wildman–Crippen MR) is 83.7 cm³/mol. The zero-order valence-electron chi connectivity index (χ0n) is 13.0. The lowest BCUT2D eigenvalue weighted by Crippen LogP contribution is -2.42. The molecule has 2 unspecified atom stereocenters. The fourth-order valence-corrected chi connectivity index (χ4v) is 3.55. The van der Waals surface area contributed by atoms with Gasteiger partial charge in [0, 0.05) is 19.3 Å². The van der Waals surface area contributed by atoms with E-state index < -0.39 is 28.7 Å². The van der Waals surface area contributed by atoms with Gasteiger partial charge >= 0.3 is 11.9 Å². The lowest BCUT2D eigenvalue weighted by atomic mass is 9.66. The lowest BCUT2D eigenvalue weighted by Gasteiger charge is -2.36. The van der Waals surface area contributed by atoms with E-state index in [0.29, 0.717) is 12.8 Å². The summed E-state index contributed by atoms with van der Waals surface area (Å²) >= 11 is 1.78. The van der Waals surface area contributed by atoms with Crippen LogP contribution in [0.25, 0.3) is 0 Å². The Labute approximate surface area is 129 Å². The summed E-state index contributed by atoms with van der Waals surface area (Å²) in [5, 5.41) is 22.3. The van der Waals surface area contributed by atoms with Gasteiger partial charge in [0.1, 0.15) is 0 Å². The monoisotopic (exact) mass is 316 g/mol. The molecule has 21 heavy (non-hydrogen) atoms. The van der Waals surface area contributed by atoms with Gasteiger partial charge in [0.25, 0.3) is 0 Å². The minimum absolute atomic E-state index is 0.437. The Bertz CT molecular complexity index is 442. The molecule has 1 aliphatic heterocycles. The summed E-state index contributed by atoms with van der Waals surface area (Å²) in [6, 6.07) is 0. The second-order valence-corrected chi connectivity index (χ2v) is 7.18. The van der Waals surface area contributed by atoms with Crippen molar-refractivity contribution in [1.82, 2.24) is 5.32 Å². The molecular formula is C14H24N2O4S. The highest BCUT2D eigenvalue weighted by Crippen LogP contribution is 2.56. The second-order valence-electron chi connectivity index (χ2n) is 6.09. The molecule has 7 heteroatoms. The third-order valence-corrected chi connectivity index (χ3v) is 5.83. The van der Waals surface area contributed by atoms with Crippen molar-refractivity contribution in [2.45, 2.75) is 33.6 Å². The SMILES string of the molecule is CC1(C(=O)O)CCC(C(=O)O)C1(C)C.CN=C1NCCS1. The van der Waals surface area contributed by atoms with Gasteiger partial charge in [-0.25, -0.2) is 0 Å². The van der Waals surface area contributed by atoms with E-state index in [9.17, 15) is 9.59 Å². The Morgan fingerprint density at radius 2 is 1.95 bits per heavy atom. The third-order valence-electron chi connectivity index (χ3n) is 4.82. The molecule has 2 fully saturated rings. The molecule has 2 aliphatic rings. The number of aliphatic imine (C=N–C) groups is 1. The number of hydrogen-bond acceptors (Lipinski definition) is 4. The van der Waals surface area contributed by atoms with E-state index in [1.807, 2.05) is 0 Å². The Morgan fingerprint density at radius 1 is 1.33 bits per heavy atom. The van der Waals surface area contributed by atoms with Gasteiger partial charge in [-0.15, -0.1) is 0 Å². The molecule has 3 N–H and O–H groups in total. The maximum atomic E-state index is 11.1. The molecule has 1 heterocycles. The minimum Gasteiger partial charge on any atom is -0.481 e. The van der Waals surface area contributed by atoms with Crippen molar-refractivity contribution in [2.75, 3.05) is 19.3 Å².